The molecule has 1 aromatic rings. The fraction of sp³-hybridized carbons (Fsp3) is 0.588. The lowest BCUT2D eigenvalue weighted by Crippen LogP contribution is -2.32. The smallest absolute Gasteiger partial charge is 0.225 e. The van der Waals surface area contributed by atoms with Crippen LogP contribution in [0.5, 0.6) is 11.5 Å². The third-order valence-corrected chi connectivity index (χ3v) is 5.21. The van der Waals surface area contributed by atoms with Gasteiger partial charge in [0.15, 0.2) is 11.5 Å². The lowest BCUT2D eigenvalue weighted by molar-refractivity contribution is -0.134. The van der Waals surface area contributed by atoms with Crippen LogP contribution in [0.25, 0.3) is 0 Å². The van der Waals surface area contributed by atoms with E-state index in [1.165, 1.54) is 0 Å². The summed E-state index contributed by atoms with van der Waals surface area (Å²) in [5, 5.41) is 0. The first-order chi connectivity index (χ1) is 11.0. The van der Waals surface area contributed by atoms with E-state index in [0.717, 1.165) is 29.7 Å². The van der Waals surface area contributed by atoms with Crippen LogP contribution < -0.4 is 15.2 Å². The van der Waals surface area contributed by atoms with Crippen molar-refractivity contribution < 1.29 is 14.3 Å². The van der Waals surface area contributed by atoms with E-state index in [1.54, 1.807) is 30.9 Å². The molecule has 5 nitrogen and oxygen atoms in total. The van der Waals surface area contributed by atoms with Gasteiger partial charge in [0.1, 0.15) is 0 Å². The zero-order valence-corrected chi connectivity index (χ0v) is 15.1. The fourth-order valence-electron chi connectivity index (χ4n) is 3.10. The first-order valence-corrected chi connectivity index (χ1v) is 9.02. The Hall–Kier alpha value is -1.40. The van der Waals surface area contributed by atoms with Crippen LogP contribution in [0, 0.1) is 5.92 Å². The van der Waals surface area contributed by atoms with Crippen LogP contribution >= 0.6 is 11.8 Å². The van der Waals surface area contributed by atoms with Crippen molar-refractivity contribution in [2.24, 2.45) is 11.7 Å². The molecular formula is C17H26N2O3S. The lowest BCUT2D eigenvalue weighted by atomic mass is 10.1. The molecule has 128 valence electrons. The number of nitrogens with two attached hydrogens (primary N) is 1. The lowest BCUT2D eigenvalue weighted by Gasteiger charge is -2.23. The third-order valence-electron chi connectivity index (χ3n) is 4.39. The number of ether oxygens (including phenoxy) is 2. The summed E-state index contributed by atoms with van der Waals surface area (Å²) in [6.07, 6.45) is 4.65. The average molecular weight is 338 g/mol. The SMILES string of the molecule is COc1cc(CN(C)C(=O)C2CCC(N)C2)c(SC)cc1OC. The molecule has 0 spiro atoms. The maximum atomic E-state index is 12.6. The Balaban J connectivity index is 2.16. The fourth-order valence-corrected chi connectivity index (χ4v) is 3.71. The van der Waals surface area contributed by atoms with E-state index >= 15 is 0 Å². The molecule has 0 aliphatic heterocycles. The predicted octanol–water partition coefficient (Wildman–Crippen LogP) is 2.51. The highest BCUT2D eigenvalue weighted by Gasteiger charge is 2.30. The first-order valence-electron chi connectivity index (χ1n) is 7.79. The van der Waals surface area contributed by atoms with Gasteiger partial charge in [0.25, 0.3) is 0 Å². The number of carbonyl (C=O) groups excluding carboxylic acids is 1. The van der Waals surface area contributed by atoms with Crippen LogP contribution in [0.15, 0.2) is 17.0 Å². The van der Waals surface area contributed by atoms with Crippen molar-refractivity contribution in [2.75, 3.05) is 27.5 Å². The summed E-state index contributed by atoms with van der Waals surface area (Å²) in [4.78, 5) is 15.5. The molecule has 0 saturated heterocycles. The number of methoxy groups -OCH3 is 2. The molecule has 1 amide bonds. The van der Waals surface area contributed by atoms with E-state index in [-0.39, 0.29) is 17.9 Å². The van der Waals surface area contributed by atoms with Gasteiger partial charge in [-0.3, -0.25) is 4.79 Å². The molecule has 2 unspecified atom stereocenters. The van der Waals surface area contributed by atoms with Crippen LogP contribution in [0.3, 0.4) is 0 Å². The standard InChI is InChI=1S/C17H26N2O3S/c1-19(17(20)11-5-6-13(18)7-11)10-12-8-14(21-2)15(22-3)9-16(12)23-4/h8-9,11,13H,5-7,10,18H2,1-4H3. The van der Waals surface area contributed by atoms with Crippen molar-refractivity contribution in [2.45, 2.75) is 36.7 Å². The molecule has 6 heteroatoms. The number of amides is 1. The molecule has 1 saturated carbocycles. The molecule has 1 aromatic carbocycles. The number of hydrogen-bond acceptors (Lipinski definition) is 5. The van der Waals surface area contributed by atoms with Gasteiger partial charge in [-0.05, 0) is 43.2 Å². The normalized spacial score (nSPS) is 20.4. The largest absolute Gasteiger partial charge is 0.493 e. The first kappa shape index (κ1) is 17.9. The highest BCUT2D eigenvalue weighted by atomic mass is 32.2. The van der Waals surface area contributed by atoms with Crippen molar-refractivity contribution in [3.63, 3.8) is 0 Å². The van der Waals surface area contributed by atoms with Gasteiger partial charge in [-0.25, -0.2) is 0 Å². The molecule has 2 N–H and O–H groups in total. The number of thioether (sulfide) groups is 1. The van der Waals surface area contributed by atoms with Gasteiger partial charge >= 0.3 is 0 Å². The number of benzene rings is 1. The summed E-state index contributed by atoms with van der Waals surface area (Å²) in [5.41, 5.74) is 6.99. The van der Waals surface area contributed by atoms with E-state index < -0.39 is 0 Å². The molecule has 0 radical (unpaired) electrons. The predicted molar refractivity (Wildman–Crippen MR) is 93.1 cm³/mol. The van der Waals surface area contributed by atoms with Gasteiger partial charge in [0.2, 0.25) is 5.91 Å². The van der Waals surface area contributed by atoms with Crippen LogP contribution in [0.2, 0.25) is 0 Å². The Morgan fingerprint density at radius 2 is 1.96 bits per heavy atom. The van der Waals surface area contributed by atoms with Gasteiger partial charge < -0.3 is 20.1 Å². The summed E-state index contributed by atoms with van der Waals surface area (Å²) in [6.45, 7) is 0.557. The summed E-state index contributed by atoms with van der Waals surface area (Å²) in [6, 6.07) is 4.08. The van der Waals surface area contributed by atoms with E-state index in [2.05, 4.69) is 0 Å². The van der Waals surface area contributed by atoms with E-state index in [1.807, 2.05) is 25.4 Å². The van der Waals surface area contributed by atoms with Gasteiger partial charge in [0.05, 0.1) is 14.2 Å². The molecule has 1 aliphatic rings. The second kappa shape index (κ2) is 7.93. The van der Waals surface area contributed by atoms with Crippen molar-refractivity contribution >= 4 is 17.7 Å². The molecule has 1 fully saturated rings. The zero-order chi connectivity index (χ0) is 17.0. The van der Waals surface area contributed by atoms with E-state index in [9.17, 15) is 4.79 Å². The molecular weight excluding hydrogens is 312 g/mol. The van der Waals surface area contributed by atoms with E-state index in [0.29, 0.717) is 18.0 Å². The summed E-state index contributed by atoms with van der Waals surface area (Å²) in [7, 11) is 5.10. The van der Waals surface area contributed by atoms with Gasteiger partial charge in [0, 0.05) is 30.4 Å². The quantitative estimate of drug-likeness (QED) is 0.808. The number of carbonyl (C=O) groups is 1. The van der Waals surface area contributed by atoms with Crippen molar-refractivity contribution in [3.05, 3.63) is 17.7 Å². The van der Waals surface area contributed by atoms with Gasteiger partial charge in [-0.15, -0.1) is 11.8 Å². The topological polar surface area (TPSA) is 64.8 Å². The van der Waals surface area contributed by atoms with Crippen molar-refractivity contribution in [1.82, 2.24) is 4.90 Å². The third kappa shape index (κ3) is 4.12. The summed E-state index contributed by atoms with van der Waals surface area (Å²) in [5.74, 6) is 1.63. The molecule has 2 rings (SSSR count). The second-order valence-electron chi connectivity index (χ2n) is 5.98. The number of hydrogen-bond donors (Lipinski definition) is 1. The molecule has 2 atom stereocenters. The average Bonchev–Trinajstić information content (AvgIpc) is 2.99. The Morgan fingerprint density at radius 1 is 1.30 bits per heavy atom. The van der Waals surface area contributed by atoms with Crippen molar-refractivity contribution in [1.29, 1.82) is 0 Å². The second-order valence-corrected chi connectivity index (χ2v) is 6.83. The zero-order valence-electron chi connectivity index (χ0n) is 14.3. The number of nitrogens with zero attached hydrogens (tertiary/aromatic N) is 1. The Labute approximate surface area is 142 Å². The van der Waals surface area contributed by atoms with Crippen LogP contribution in [-0.4, -0.2) is 44.4 Å². The minimum atomic E-state index is 0.0628. The maximum Gasteiger partial charge on any atom is 0.225 e. The van der Waals surface area contributed by atoms with Gasteiger partial charge in [-0.2, -0.15) is 0 Å². The highest BCUT2D eigenvalue weighted by molar-refractivity contribution is 7.98. The van der Waals surface area contributed by atoms with E-state index in [4.69, 9.17) is 15.2 Å². The Morgan fingerprint density at radius 3 is 2.48 bits per heavy atom. The summed E-state index contributed by atoms with van der Waals surface area (Å²) >= 11 is 1.64. The Bertz CT molecular complexity index is 565. The molecule has 0 aromatic heterocycles. The Kier molecular flexibility index (Phi) is 6.18. The minimum Gasteiger partial charge on any atom is -0.493 e. The summed E-state index contributed by atoms with van der Waals surface area (Å²) < 4.78 is 10.7. The highest BCUT2D eigenvalue weighted by Crippen LogP contribution is 2.35. The monoisotopic (exact) mass is 338 g/mol. The van der Waals surface area contributed by atoms with Crippen LogP contribution in [0.4, 0.5) is 0 Å². The molecule has 23 heavy (non-hydrogen) atoms. The maximum absolute atomic E-state index is 12.6. The van der Waals surface area contributed by atoms with Gasteiger partial charge in [-0.1, -0.05) is 0 Å². The molecule has 1 aliphatic carbocycles. The molecule has 0 bridgehead atoms. The number of rotatable bonds is 6. The van der Waals surface area contributed by atoms with Crippen LogP contribution in [0.1, 0.15) is 24.8 Å². The van der Waals surface area contributed by atoms with Crippen molar-refractivity contribution in [3.8, 4) is 11.5 Å². The minimum absolute atomic E-state index is 0.0628. The van der Waals surface area contributed by atoms with Crippen LogP contribution in [-0.2, 0) is 11.3 Å². The molecule has 0 heterocycles.